The fourth-order valence-corrected chi connectivity index (χ4v) is 2.17. The van der Waals surface area contributed by atoms with Gasteiger partial charge in [0.1, 0.15) is 5.82 Å². The highest BCUT2D eigenvalue weighted by Gasteiger charge is 2.12. The third-order valence-corrected chi connectivity index (χ3v) is 3.08. The van der Waals surface area contributed by atoms with Crippen LogP contribution in [-0.4, -0.2) is 9.97 Å². The Labute approximate surface area is 109 Å². The molecule has 1 aromatic carbocycles. The molecule has 4 heteroatoms. The van der Waals surface area contributed by atoms with E-state index in [1.807, 2.05) is 12.1 Å². The molecule has 19 heavy (non-hydrogen) atoms. The summed E-state index contributed by atoms with van der Waals surface area (Å²) in [6.45, 7) is 0.384. The number of halogens is 1. The van der Waals surface area contributed by atoms with Gasteiger partial charge in [-0.1, -0.05) is 6.07 Å². The molecule has 2 aromatic heterocycles. The standard InChI is InChI=1S/C15H12FN3/c16-13-6-5-12(15-11(13)4-2-8-19-15)14-10(9-17)3-1-7-18-14/h1-8H,9,17H2. The minimum Gasteiger partial charge on any atom is -0.326 e. The first-order valence-corrected chi connectivity index (χ1v) is 5.99. The van der Waals surface area contributed by atoms with Crippen LogP contribution >= 0.6 is 0 Å². The Morgan fingerprint density at radius 2 is 1.79 bits per heavy atom. The van der Waals surface area contributed by atoms with E-state index >= 15 is 0 Å². The molecule has 0 unspecified atom stereocenters. The number of rotatable bonds is 2. The number of fused-ring (bicyclic) bond motifs is 1. The molecule has 0 spiro atoms. The fourth-order valence-electron chi connectivity index (χ4n) is 2.17. The van der Waals surface area contributed by atoms with Gasteiger partial charge in [0.2, 0.25) is 0 Å². The molecule has 0 bridgehead atoms. The highest BCUT2D eigenvalue weighted by atomic mass is 19.1. The molecule has 0 aliphatic carbocycles. The lowest BCUT2D eigenvalue weighted by molar-refractivity contribution is 0.639. The topological polar surface area (TPSA) is 51.8 Å². The number of pyridine rings is 2. The number of hydrogen-bond acceptors (Lipinski definition) is 3. The van der Waals surface area contributed by atoms with Crippen molar-refractivity contribution in [3.05, 3.63) is 60.2 Å². The second kappa shape index (κ2) is 4.74. The Bertz CT molecular complexity index is 740. The molecule has 3 aromatic rings. The van der Waals surface area contributed by atoms with Crippen LogP contribution in [-0.2, 0) is 6.54 Å². The van der Waals surface area contributed by atoms with Crippen LogP contribution in [0.25, 0.3) is 22.2 Å². The lowest BCUT2D eigenvalue weighted by Crippen LogP contribution is -2.01. The van der Waals surface area contributed by atoms with E-state index in [0.29, 0.717) is 17.4 Å². The van der Waals surface area contributed by atoms with E-state index in [-0.39, 0.29) is 5.82 Å². The van der Waals surface area contributed by atoms with Gasteiger partial charge in [0.15, 0.2) is 0 Å². The molecule has 94 valence electrons. The zero-order chi connectivity index (χ0) is 13.2. The van der Waals surface area contributed by atoms with E-state index in [0.717, 1.165) is 16.8 Å². The van der Waals surface area contributed by atoms with Crippen LogP contribution in [0.2, 0.25) is 0 Å². The van der Waals surface area contributed by atoms with Gasteiger partial charge in [-0.05, 0) is 35.9 Å². The number of nitrogens with two attached hydrogens (primary N) is 1. The summed E-state index contributed by atoms with van der Waals surface area (Å²) < 4.78 is 13.8. The normalized spacial score (nSPS) is 10.8. The summed E-state index contributed by atoms with van der Waals surface area (Å²) in [5.41, 5.74) is 8.81. The first-order chi connectivity index (χ1) is 9.31. The molecular weight excluding hydrogens is 241 g/mol. The monoisotopic (exact) mass is 253 g/mol. The summed E-state index contributed by atoms with van der Waals surface area (Å²) in [7, 11) is 0. The molecular formula is C15H12FN3. The number of aromatic nitrogens is 2. The van der Waals surface area contributed by atoms with Crippen molar-refractivity contribution in [3.63, 3.8) is 0 Å². The van der Waals surface area contributed by atoms with Crippen molar-refractivity contribution < 1.29 is 4.39 Å². The Kier molecular flexibility index (Phi) is 2.93. The summed E-state index contributed by atoms with van der Waals surface area (Å²) in [6.07, 6.45) is 3.35. The van der Waals surface area contributed by atoms with Crippen LogP contribution in [0.15, 0.2) is 48.8 Å². The van der Waals surface area contributed by atoms with Gasteiger partial charge in [0.05, 0.1) is 11.2 Å². The van der Waals surface area contributed by atoms with Gasteiger partial charge >= 0.3 is 0 Å². The fraction of sp³-hybridized carbons (Fsp3) is 0.0667. The van der Waals surface area contributed by atoms with Crippen LogP contribution < -0.4 is 5.73 Å². The van der Waals surface area contributed by atoms with Crippen molar-refractivity contribution in [1.29, 1.82) is 0 Å². The van der Waals surface area contributed by atoms with Gasteiger partial charge in [-0.15, -0.1) is 0 Å². The maximum Gasteiger partial charge on any atom is 0.132 e. The first kappa shape index (κ1) is 11.7. The number of benzene rings is 1. The highest BCUT2D eigenvalue weighted by molar-refractivity contribution is 5.93. The Hall–Kier alpha value is -2.33. The molecule has 2 heterocycles. The molecule has 3 nitrogen and oxygen atoms in total. The predicted octanol–water partition coefficient (Wildman–Crippen LogP) is 2.89. The Morgan fingerprint density at radius 1 is 1.00 bits per heavy atom. The van der Waals surface area contributed by atoms with Crippen molar-refractivity contribution in [1.82, 2.24) is 9.97 Å². The van der Waals surface area contributed by atoms with Crippen molar-refractivity contribution in [2.75, 3.05) is 0 Å². The number of hydrogen-bond donors (Lipinski definition) is 1. The third kappa shape index (κ3) is 1.96. The molecule has 0 saturated heterocycles. The van der Waals surface area contributed by atoms with Crippen LogP contribution in [0.3, 0.4) is 0 Å². The van der Waals surface area contributed by atoms with Crippen molar-refractivity contribution >= 4 is 10.9 Å². The third-order valence-electron chi connectivity index (χ3n) is 3.08. The van der Waals surface area contributed by atoms with Crippen molar-refractivity contribution in [2.24, 2.45) is 5.73 Å². The SMILES string of the molecule is NCc1cccnc1-c1ccc(F)c2cccnc12. The Balaban J connectivity index is 2.34. The van der Waals surface area contributed by atoms with E-state index in [4.69, 9.17) is 5.73 Å². The minimum absolute atomic E-state index is 0.280. The molecule has 3 rings (SSSR count). The molecule has 0 fully saturated rings. The molecule has 0 amide bonds. The summed E-state index contributed by atoms with van der Waals surface area (Å²) in [5, 5.41) is 0.494. The van der Waals surface area contributed by atoms with E-state index < -0.39 is 0 Å². The van der Waals surface area contributed by atoms with E-state index in [9.17, 15) is 4.39 Å². The van der Waals surface area contributed by atoms with Gasteiger partial charge in [-0.3, -0.25) is 9.97 Å². The first-order valence-electron chi connectivity index (χ1n) is 5.99. The molecule has 0 radical (unpaired) electrons. The second-order valence-corrected chi connectivity index (χ2v) is 4.21. The van der Waals surface area contributed by atoms with Gasteiger partial charge < -0.3 is 5.73 Å². The lowest BCUT2D eigenvalue weighted by Gasteiger charge is -2.09. The van der Waals surface area contributed by atoms with Crippen molar-refractivity contribution in [2.45, 2.75) is 6.54 Å². The molecule has 2 N–H and O–H groups in total. The average Bonchev–Trinajstić information content (AvgIpc) is 2.48. The van der Waals surface area contributed by atoms with Crippen LogP contribution in [0.5, 0.6) is 0 Å². The summed E-state index contributed by atoms with van der Waals surface area (Å²) >= 11 is 0. The highest BCUT2D eigenvalue weighted by Crippen LogP contribution is 2.29. The molecule has 0 atom stereocenters. The predicted molar refractivity (Wildman–Crippen MR) is 72.8 cm³/mol. The second-order valence-electron chi connectivity index (χ2n) is 4.21. The smallest absolute Gasteiger partial charge is 0.132 e. The van der Waals surface area contributed by atoms with E-state index in [1.165, 1.54) is 6.07 Å². The molecule has 0 aliphatic heterocycles. The van der Waals surface area contributed by atoms with Crippen LogP contribution in [0.4, 0.5) is 4.39 Å². The van der Waals surface area contributed by atoms with Crippen LogP contribution in [0.1, 0.15) is 5.56 Å². The quantitative estimate of drug-likeness (QED) is 0.764. The van der Waals surface area contributed by atoms with Crippen LogP contribution in [0, 0.1) is 5.82 Å². The van der Waals surface area contributed by atoms with Gasteiger partial charge in [0.25, 0.3) is 0 Å². The Morgan fingerprint density at radius 3 is 2.63 bits per heavy atom. The van der Waals surface area contributed by atoms with Gasteiger partial charge in [-0.25, -0.2) is 4.39 Å². The maximum absolute atomic E-state index is 13.8. The molecule has 0 aliphatic rings. The number of nitrogens with zero attached hydrogens (tertiary/aromatic N) is 2. The van der Waals surface area contributed by atoms with Crippen molar-refractivity contribution in [3.8, 4) is 11.3 Å². The summed E-state index contributed by atoms with van der Waals surface area (Å²) in [4.78, 5) is 8.63. The zero-order valence-corrected chi connectivity index (χ0v) is 10.2. The van der Waals surface area contributed by atoms with E-state index in [2.05, 4.69) is 9.97 Å². The summed E-state index contributed by atoms with van der Waals surface area (Å²) in [6, 6.07) is 10.3. The molecule has 0 saturated carbocycles. The van der Waals surface area contributed by atoms with Gasteiger partial charge in [-0.2, -0.15) is 0 Å². The largest absolute Gasteiger partial charge is 0.326 e. The maximum atomic E-state index is 13.8. The van der Waals surface area contributed by atoms with Gasteiger partial charge in [0, 0.05) is 29.9 Å². The lowest BCUT2D eigenvalue weighted by atomic mass is 10.0. The average molecular weight is 253 g/mol. The zero-order valence-electron chi connectivity index (χ0n) is 10.2. The minimum atomic E-state index is -0.280. The summed E-state index contributed by atoms with van der Waals surface area (Å²) in [5.74, 6) is -0.280. The van der Waals surface area contributed by atoms with E-state index in [1.54, 1.807) is 30.6 Å².